The van der Waals surface area contributed by atoms with Crippen LogP contribution in [0, 0.1) is 13.8 Å². The Morgan fingerprint density at radius 2 is 1.32 bits per heavy atom. The number of aryl methyl sites for hydroxylation is 2. The normalized spacial score (nSPS) is 12.1. The van der Waals surface area contributed by atoms with Crippen LogP contribution in [-0.2, 0) is 10.0 Å². The second-order valence-electron chi connectivity index (χ2n) is 6.55. The van der Waals surface area contributed by atoms with Crippen LogP contribution in [-0.4, -0.2) is 14.3 Å². The minimum absolute atomic E-state index is 0.200. The molecule has 144 valence electrons. The lowest BCUT2D eigenvalue weighted by Gasteiger charge is -2.24. The van der Waals surface area contributed by atoms with Crippen molar-refractivity contribution in [1.82, 2.24) is 0 Å². The van der Waals surface area contributed by atoms with Gasteiger partial charge < -0.3 is 0 Å². The summed E-state index contributed by atoms with van der Waals surface area (Å²) in [4.78, 5) is 4.74. The molecule has 0 spiro atoms. The van der Waals surface area contributed by atoms with E-state index < -0.39 is 10.0 Å². The summed E-state index contributed by atoms with van der Waals surface area (Å²) in [6.07, 6.45) is 0. The van der Waals surface area contributed by atoms with Gasteiger partial charge in [-0.3, -0.25) is 0 Å². The van der Waals surface area contributed by atoms with E-state index >= 15 is 0 Å². The topological polar surface area (TPSA) is 49.7 Å². The maximum absolute atomic E-state index is 13.4. The standard InChI is InChI=1S/C22H21ClN2O2S/c1-16-4-10-20(11-5-16)24-18(3)25(21-12-8-19(23)9-13-21)28(26,27)22-14-6-17(2)7-15-22/h4-15H,1-3H3. The highest BCUT2D eigenvalue weighted by Crippen LogP contribution is 2.27. The van der Waals surface area contributed by atoms with Gasteiger partial charge in [0.05, 0.1) is 16.3 Å². The zero-order valence-corrected chi connectivity index (χ0v) is 17.5. The Hall–Kier alpha value is -2.63. The Kier molecular flexibility index (Phi) is 5.87. The predicted molar refractivity (Wildman–Crippen MR) is 116 cm³/mol. The molecule has 0 aliphatic carbocycles. The summed E-state index contributed by atoms with van der Waals surface area (Å²) in [6.45, 7) is 5.58. The van der Waals surface area contributed by atoms with Crippen molar-refractivity contribution in [2.24, 2.45) is 4.99 Å². The van der Waals surface area contributed by atoms with Crippen LogP contribution in [0.3, 0.4) is 0 Å². The van der Waals surface area contributed by atoms with Crippen molar-refractivity contribution in [2.75, 3.05) is 4.31 Å². The summed E-state index contributed by atoms with van der Waals surface area (Å²) >= 11 is 5.99. The summed E-state index contributed by atoms with van der Waals surface area (Å²) in [5, 5.41) is 0.532. The fraction of sp³-hybridized carbons (Fsp3) is 0.136. The molecule has 6 heteroatoms. The highest BCUT2D eigenvalue weighted by atomic mass is 35.5. The Labute approximate surface area is 171 Å². The van der Waals surface area contributed by atoms with Crippen LogP contribution in [0.15, 0.2) is 82.7 Å². The highest BCUT2D eigenvalue weighted by molar-refractivity contribution is 7.93. The van der Waals surface area contributed by atoms with Crippen molar-refractivity contribution >= 4 is 38.8 Å². The third kappa shape index (κ3) is 4.43. The maximum Gasteiger partial charge on any atom is 0.269 e. The molecule has 0 heterocycles. The third-order valence-electron chi connectivity index (χ3n) is 4.24. The van der Waals surface area contributed by atoms with Crippen molar-refractivity contribution in [2.45, 2.75) is 25.7 Å². The van der Waals surface area contributed by atoms with E-state index in [9.17, 15) is 8.42 Å². The number of rotatable bonds is 4. The Morgan fingerprint density at radius 1 is 0.821 bits per heavy atom. The van der Waals surface area contributed by atoms with Crippen LogP contribution >= 0.6 is 11.6 Å². The number of nitrogens with zero attached hydrogens (tertiary/aromatic N) is 2. The first kappa shape index (κ1) is 20.1. The summed E-state index contributed by atoms with van der Waals surface area (Å²) in [5.41, 5.74) is 3.25. The van der Waals surface area contributed by atoms with E-state index in [0.717, 1.165) is 11.1 Å². The summed E-state index contributed by atoms with van der Waals surface area (Å²) in [7, 11) is -3.85. The fourth-order valence-electron chi connectivity index (χ4n) is 2.74. The van der Waals surface area contributed by atoms with Crippen LogP contribution in [0.4, 0.5) is 11.4 Å². The quantitative estimate of drug-likeness (QED) is 0.395. The van der Waals surface area contributed by atoms with Crippen LogP contribution in [0.5, 0.6) is 0 Å². The van der Waals surface area contributed by atoms with Crippen molar-refractivity contribution in [3.05, 3.63) is 88.9 Å². The lowest BCUT2D eigenvalue weighted by Crippen LogP contribution is -2.35. The molecule has 0 aliphatic heterocycles. The molecule has 3 aromatic rings. The van der Waals surface area contributed by atoms with E-state index in [0.29, 0.717) is 22.2 Å². The summed E-state index contributed by atoms with van der Waals surface area (Å²) < 4.78 is 28.1. The molecule has 28 heavy (non-hydrogen) atoms. The van der Waals surface area contributed by atoms with Crippen LogP contribution in [0.25, 0.3) is 0 Å². The molecule has 0 aliphatic rings. The molecule has 0 radical (unpaired) electrons. The van der Waals surface area contributed by atoms with Gasteiger partial charge in [-0.25, -0.2) is 17.7 Å². The second-order valence-corrected chi connectivity index (χ2v) is 8.78. The molecule has 0 atom stereocenters. The molecule has 4 nitrogen and oxygen atoms in total. The first-order valence-corrected chi connectivity index (χ1v) is 10.6. The number of amidine groups is 1. The lowest BCUT2D eigenvalue weighted by atomic mass is 10.2. The van der Waals surface area contributed by atoms with Crippen molar-refractivity contribution in [1.29, 1.82) is 0 Å². The van der Waals surface area contributed by atoms with Gasteiger partial charge in [0.25, 0.3) is 10.0 Å². The number of benzene rings is 3. The van der Waals surface area contributed by atoms with E-state index in [-0.39, 0.29) is 4.90 Å². The Balaban J connectivity index is 2.13. The third-order valence-corrected chi connectivity index (χ3v) is 6.31. The van der Waals surface area contributed by atoms with Crippen molar-refractivity contribution < 1.29 is 8.42 Å². The van der Waals surface area contributed by atoms with E-state index in [1.165, 1.54) is 4.31 Å². The molecule has 3 rings (SSSR count). The number of halogens is 1. The molecule has 0 saturated heterocycles. The minimum Gasteiger partial charge on any atom is -0.235 e. The van der Waals surface area contributed by atoms with Gasteiger partial charge in [0.2, 0.25) is 0 Å². The number of sulfonamides is 1. The maximum atomic E-state index is 13.4. The van der Waals surface area contributed by atoms with Crippen molar-refractivity contribution in [3.8, 4) is 0 Å². The van der Waals surface area contributed by atoms with Gasteiger partial charge in [-0.15, -0.1) is 0 Å². The van der Waals surface area contributed by atoms with Crippen LogP contribution in [0.1, 0.15) is 18.1 Å². The molecule has 0 amide bonds. The van der Waals surface area contributed by atoms with Gasteiger partial charge in [0, 0.05) is 5.02 Å². The fourth-order valence-corrected chi connectivity index (χ4v) is 4.35. The van der Waals surface area contributed by atoms with Gasteiger partial charge in [-0.2, -0.15) is 0 Å². The van der Waals surface area contributed by atoms with Gasteiger partial charge >= 0.3 is 0 Å². The van der Waals surface area contributed by atoms with Gasteiger partial charge in [0.1, 0.15) is 5.84 Å². The van der Waals surface area contributed by atoms with E-state index in [1.807, 2.05) is 38.1 Å². The molecule has 0 saturated carbocycles. The van der Waals surface area contributed by atoms with E-state index in [2.05, 4.69) is 4.99 Å². The average Bonchev–Trinajstić information content (AvgIpc) is 2.65. The van der Waals surface area contributed by atoms with Crippen LogP contribution < -0.4 is 4.31 Å². The monoisotopic (exact) mass is 412 g/mol. The second kappa shape index (κ2) is 8.17. The first-order valence-electron chi connectivity index (χ1n) is 8.77. The van der Waals surface area contributed by atoms with Gasteiger partial charge in [-0.1, -0.05) is 47.0 Å². The molecule has 0 bridgehead atoms. The Morgan fingerprint density at radius 3 is 1.86 bits per heavy atom. The minimum atomic E-state index is -3.85. The van der Waals surface area contributed by atoms with Gasteiger partial charge in [0.15, 0.2) is 0 Å². The molecule has 0 N–H and O–H groups in total. The average molecular weight is 413 g/mol. The molecular formula is C22H21ClN2O2S. The predicted octanol–water partition coefficient (Wildman–Crippen LogP) is 5.90. The molecule has 3 aromatic carbocycles. The van der Waals surface area contributed by atoms with E-state index in [1.54, 1.807) is 55.5 Å². The Bertz CT molecular complexity index is 1090. The summed E-state index contributed by atoms with van der Waals surface area (Å²) in [5.74, 6) is 0.340. The zero-order valence-electron chi connectivity index (χ0n) is 15.9. The number of anilines is 1. The summed E-state index contributed by atoms with van der Waals surface area (Å²) in [6, 6.07) is 21.0. The molecular weight excluding hydrogens is 392 g/mol. The lowest BCUT2D eigenvalue weighted by molar-refractivity contribution is 0.597. The molecule has 0 aromatic heterocycles. The largest absolute Gasteiger partial charge is 0.269 e. The number of aliphatic imine (C=N–C) groups is 1. The van der Waals surface area contributed by atoms with Crippen LogP contribution in [0.2, 0.25) is 5.02 Å². The molecule has 0 unspecified atom stereocenters. The zero-order chi connectivity index (χ0) is 20.3. The number of hydrogen-bond donors (Lipinski definition) is 0. The van der Waals surface area contributed by atoms with Gasteiger partial charge in [-0.05, 0) is 69.3 Å². The molecule has 0 fully saturated rings. The van der Waals surface area contributed by atoms with E-state index in [4.69, 9.17) is 11.6 Å². The van der Waals surface area contributed by atoms with Crippen molar-refractivity contribution in [3.63, 3.8) is 0 Å². The SMILES string of the molecule is CC(=Nc1ccc(C)cc1)N(c1ccc(Cl)cc1)S(=O)(=O)c1ccc(C)cc1. The number of hydrogen-bond acceptors (Lipinski definition) is 3. The first-order chi connectivity index (χ1) is 13.3. The highest BCUT2D eigenvalue weighted by Gasteiger charge is 2.27. The smallest absolute Gasteiger partial charge is 0.235 e.